The van der Waals surface area contributed by atoms with E-state index in [0.29, 0.717) is 24.6 Å². The fourth-order valence-electron chi connectivity index (χ4n) is 3.66. The van der Waals surface area contributed by atoms with Crippen molar-refractivity contribution in [1.29, 1.82) is 0 Å². The van der Waals surface area contributed by atoms with Crippen molar-refractivity contribution in [2.24, 2.45) is 11.8 Å². The third-order valence-corrected chi connectivity index (χ3v) is 5.29. The second kappa shape index (κ2) is 7.77. The number of carbonyl (C=O) groups is 2. The Morgan fingerprint density at radius 1 is 1.12 bits per heavy atom. The maximum atomic E-state index is 12.6. The lowest BCUT2D eigenvalue weighted by Crippen LogP contribution is -2.44. The molecule has 5 heteroatoms. The van der Waals surface area contributed by atoms with Crippen LogP contribution in [0.5, 0.6) is 0 Å². The molecule has 0 N–H and O–H groups in total. The average Bonchev–Trinajstić information content (AvgIpc) is 2.63. The Kier molecular flexibility index (Phi) is 5.48. The van der Waals surface area contributed by atoms with E-state index in [1.165, 1.54) is 6.20 Å². The molecule has 1 amide bonds. The van der Waals surface area contributed by atoms with Crippen molar-refractivity contribution in [1.82, 2.24) is 9.88 Å². The monoisotopic (exact) mass is 330 g/mol. The number of ether oxygens (including phenoxy) is 1. The molecule has 3 rings (SSSR count). The first-order valence-corrected chi connectivity index (χ1v) is 9.03. The van der Waals surface area contributed by atoms with Crippen molar-refractivity contribution in [2.45, 2.75) is 51.6 Å². The number of pyridine rings is 1. The van der Waals surface area contributed by atoms with E-state index >= 15 is 0 Å². The first-order valence-electron chi connectivity index (χ1n) is 9.03. The summed E-state index contributed by atoms with van der Waals surface area (Å²) in [6.45, 7) is 3.65. The summed E-state index contributed by atoms with van der Waals surface area (Å²) in [5.74, 6) is 0.940. The van der Waals surface area contributed by atoms with Crippen molar-refractivity contribution in [3.8, 4) is 0 Å². The van der Waals surface area contributed by atoms with Crippen LogP contribution in [0.2, 0.25) is 0 Å². The van der Waals surface area contributed by atoms with Crippen LogP contribution in [0.4, 0.5) is 0 Å². The second-order valence-electron chi connectivity index (χ2n) is 7.13. The van der Waals surface area contributed by atoms with Crippen LogP contribution in [0.15, 0.2) is 24.5 Å². The van der Waals surface area contributed by atoms with Gasteiger partial charge in [-0.05, 0) is 43.7 Å². The molecule has 0 radical (unpaired) electrons. The van der Waals surface area contributed by atoms with Crippen molar-refractivity contribution in [3.63, 3.8) is 0 Å². The molecular formula is C19H26N2O3. The Bertz CT molecular complexity index is 559. The zero-order chi connectivity index (χ0) is 16.9. The minimum absolute atomic E-state index is 0.104. The van der Waals surface area contributed by atoms with Gasteiger partial charge < -0.3 is 9.64 Å². The standard InChI is InChI=1S/C19H26N2O3/c1-14-4-6-15(7-5-14)18(22)21-11-8-17(9-12-21)24-19(23)16-3-2-10-20-13-16/h2-3,10,13-15,17H,4-9,11-12H2,1H3/t14-,15-. The molecule has 2 heterocycles. The lowest BCUT2D eigenvalue weighted by molar-refractivity contribution is -0.138. The molecule has 1 aromatic rings. The lowest BCUT2D eigenvalue weighted by Gasteiger charge is -2.35. The van der Waals surface area contributed by atoms with E-state index in [2.05, 4.69) is 11.9 Å². The van der Waals surface area contributed by atoms with Crippen molar-refractivity contribution < 1.29 is 14.3 Å². The van der Waals surface area contributed by atoms with Crippen LogP contribution < -0.4 is 0 Å². The van der Waals surface area contributed by atoms with E-state index in [1.54, 1.807) is 18.3 Å². The molecule has 0 spiro atoms. The van der Waals surface area contributed by atoms with Gasteiger partial charge in [-0.25, -0.2) is 4.79 Å². The van der Waals surface area contributed by atoms with Crippen molar-refractivity contribution >= 4 is 11.9 Å². The molecule has 1 aliphatic heterocycles. The van der Waals surface area contributed by atoms with Crippen LogP contribution in [0.3, 0.4) is 0 Å². The molecule has 0 bridgehead atoms. The summed E-state index contributed by atoms with van der Waals surface area (Å²) in [4.78, 5) is 30.6. The van der Waals surface area contributed by atoms with E-state index in [4.69, 9.17) is 4.74 Å². The van der Waals surface area contributed by atoms with E-state index in [1.807, 2.05) is 4.90 Å². The molecule has 1 saturated carbocycles. The van der Waals surface area contributed by atoms with Gasteiger partial charge >= 0.3 is 5.97 Å². The zero-order valence-corrected chi connectivity index (χ0v) is 14.3. The highest BCUT2D eigenvalue weighted by Gasteiger charge is 2.31. The van der Waals surface area contributed by atoms with Gasteiger partial charge in [-0.1, -0.05) is 6.92 Å². The van der Waals surface area contributed by atoms with Crippen molar-refractivity contribution in [3.05, 3.63) is 30.1 Å². The third kappa shape index (κ3) is 4.13. The highest BCUT2D eigenvalue weighted by atomic mass is 16.5. The third-order valence-electron chi connectivity index (χ3n) is 5.29. The zero-order valence-electron chi connectivity index (χ0n) is 14.3. The van der Waals surface area contributed by atoms with Crippen LogP contribution in [0.25, 0.3) is 0 Å². The van der Waals surface area contributed by atoms with E-state index in [-0.39, 0.29) is 18.0 Å². The van der Waals surface area contributed by atoms with Crippen LogP contribution in [0.1, 0.15) is 55.8 Å². The number of esters is 1. The van der Waals surface area contributed by atoms with Crippen molar-refractivity contribution in [2.75, 3.05) is 13.1 Å². The van der Waals surface area contributed by atoms with Gasteiger partial charge in [0.15, 0.2) is 0 Å². The molecule has 2 aliphatic rings. The van der Waals surface area contributed by atoms with Gasteiger partial charge in [0.05, 0.1) is 5.56 Å². The van der Waals surface area contributed by atoms with Crippen LogP contribution in [0, 0.1) is 11.8 Å². The number of piperidine rings is 1. The number of amides is 1. The summed E-state index contributed by atoms with van der Waals surface area (Å²) < 4.78 is 5.55. The number of nitrogens with zero attached hydrogens (tertiary/aromatic N) is 2. The SMILES string of the molecule is C[C@H]1CC[C@H](C(=O)N2CCC(OC(=O)c3cccnc3)CC2)CC1. The lowest BCUT2D eigenvalue weighted by atomic mass is 9.82. The molecule has 1 aliphatic carbocycles. The maximum Gasteiger partial charge on any atom is 0.339 e. The molecule has 24 heavy (non-hydrogen) atoms. The molecule has 1 aromatic heterocycles. The van der Waals surface area contributed by atoms with Gasteiger partial charge in [-0.15, -0.1) is 0 Å². The first kappa shape index (κ1) is 16.9. The summed E-state index contributed by atoms with van der Waals surface area (Å²) in [6, 6.07) is 3.43. The number of carbonyl (C=O) groups excluding carboxylic acids is 2. The number of likely N-dealkylation sites (tertiary alicyclic amines) is 1. The summed E-state index contributed by atoms with van der Waals surface area (Å²) in [6.07, 6.45) is 8.87. The highest BCUT2D eigenvalue weighted by Crippen LogP contribution is 2.30. The molecule has 0 atom stereocenters. The number of hydrogen-bond donors (Lipinski definition) is 0. The molecule has 1 saturated heterocycles. The predicted octanol–water partition coefficient (Wildman–Crippen LogP) is 3.06. The van der Waals surface area contributed by atoms with Crippen LogP contribution in [-0.4, -0.2) is 41.0 Å². The van der Waals surface area contributed by atoms with E-state index < -0.39 is 0 Å². The largest absolute Gasteiger partial charge is 0.459 e. The Morgan fingerprint density at radius 3 is 2.46 bits per heavy atom. The Balaban J connectivity index is 1.45. The van der Waals surface area contributed by atoms with Gasteiger partial charge in [0, 0.05) is 44.2 Å². The Hall–Kier alpha value is -1.91. The van der Waals surface area contributed by atoms with Gasteiger partial charge in [0.1, 0.15) is 6.10 Å². The summed E-state index contributed by atoms with van der Waals surface area (Å²) in [5, 5.41) is 0. The van der Waals surface area contributed by atoms with Crippen LogP contribution >= 0.6 is 0 Å². The minimum atomic E-state index is -0.325. The quantitative estimate of drug-likeness (QED) is 0.799. The van der Waals surface area contributed by atoms with Gasteiger partial charge in [-0.2, -0.15) is 0 Å². The topological polar surface area (TPSA) is 59.5 Å². The molecule has 130 valence electrons. The highest BCUT2D eigenvalue weighted by molar-refractivity contribution is 5.89. The Morgan fingerprint density at radius 2 is 1.83 bits per heavy atom. The predicted molar refractivity (Wildman–Crippen MR) is 90.4 cm³/mol. The van der Waals surface area contributed by atoms with Crippen LogP contribution in [-0.2, 0) is 9.53 Å². The molecule has 0 unspecified atom stereocenters. The molecule has 0 aromatic carbocycles. The smallest absolute Gasteiger partial charge is 0.339 e. The summed E-state index contributed by atoms with van der Waals surface area (Å²) >= 11 is 0. The first-order chi connectivity index (χ1) is 11.6. The summed E-state index contributed by atoms with van der Waals surface area (Å²) in [7, 11) is 0. The maximum absolute atomic E-state index is 12.6. The fraction of sp³-hybridized carbons (Fsp3) is 0.632. The van der Waals surface area contributed by atoms with E-state index in [0.717, 1.165) is 44.4 Å². The molecule has 2 fully saturated rings. The minimum Gasteiger partial charge on any atom is -0.459 e. The Labute approximate surface area is 143 Å². The molecular weight excluding hydrogens is 304 g/mol. The number of hydrogen-bond acceptors (Lipinski definition) is 4. The summed E-state index contributed by atoms with van der Waals surface area (Å²) in [5.41, 5.74) is 0.479. The second-order valence-corrected chi connectivity index (χ2v) is 7.13. The fourth-order valence-corrected chi connectivity index (χ4v) is 3.66. The number of rotatable bonds is 3. The normalized spacial score (nSPS) is 25.3. The van der Waals surface area contributed by atoms with Gasteiger partial charge in [0.2, 0.25) is 5.91 Å². The molecule has 5 nitrogen and oxygen atoms in total. The van der Waals surface area contributed by atoms with Gasteiger partial charge in [-0.3, -0.25) is 9.78 Å². The van der Waals surface area contributed by atoms with Gasteiger partial charge in [0.25, 0.3) is 0 Å². The average molecular weight is 330 g/mol. The number of aromatic nitrogens is 1. The van der Waals surface area contributed by atoms with E-state index in [9.17, 15) is 9.59 Å².